The molecule has 0 saturated carbocycles. The second-order valence-corrected chi connectivity index (χ2v) is 12.1. The molecule has 10 rings (SSSR count). The molecule has 3 unspecified atom stereocenters. The van der Waals surface area contributed by atoms with Crippen LogP contribution in [-0.2, 0) is 0 Å². The monoisotopic (exact) mass is 548 g/mol. The molecule has 0 bridgehead atoms. The fraction of sp³-hybridized carbons (Fsp3) is 0.0732. The summed E-state index contributed by atoms with van der Waals surface area (Å²) in [6, 6.07) is 42.6. The molecule has 3 atom stereocenters. The number of nitrogens with zero attached hydrogens (tertiary/aromatic N) is 2. The van der Waals surface area contributed by atoms with Gasteiger partial charge in [-0.2, -0.15) is 0 Å². The highest BCUT2D eigenvalue weighted by molar-refractivity contribution is 6.12. The molecule has 43 heavy (non-hydrogen) atoms. The highest BCUT2D eigenvalue weighted by Gasteiger charge is 2.35. The maximum Gasteiger partial charge on any atom is 0.0630 e. The van der Waals surface area contributed by atoms with Crippen molar-refractivity contribution in [2.24, 2.45) is 0 Å². The van der Waals surface area contributed by atoms with Gasteiger partial charge in [0.15, 0.2) is 0 Å². The second kappa shape index (κ2) is 8.59. The summed E-state index contributed by atoms with van der Waals surface area (Å²) in [7, 11) is 0. The fourth-order valence-corrected chi connectivity index (χ4v) is 8.00. The Balaban J connectivity index is 1.10. The van der Waals surface area contributed by atoms with E-state index >= 15 is 0 Å². The van der Waals surface area contributed by atoms with Crippen molar-refractivity contribution in [2.75, 3.05) is 0 Å². The number of hydrogen-bond acceptors (Lipinski definition) is 0. The Labute approximate surface area is 249 Å². The first-order chi connectivity index (χ1) is 21.3. The Hall–Kier alpha value is -5.34. The van der Waals surface area contributed by atoms with E-state index in [2.05, 4.69) is 161 Å². The SMILES string of the molecule is C1=CC2C(C=C1c1ccc3c(c1)c1ccccc1n3C1=CC(c3ccccc3)C=C1)c1cccc3c4ccccc4n2c13. The van der Waals surface area contributed by atoms with Gasteiger partial charge in [0, 0.05) is 44.6 Å². The van der Waals surface area contributed by atoms with Crippen molar-refractivity contribution in [3.05, 3.63) is 168 Å². The van der Waals surface area contributed by atoms with E-state index in [1.807, 2.05) is 0 Å². The lowest BCUT2D eigenvalue weighted by Gasteiger charge is -2.23. The summed E-state index contributed by atoms with van der Waals surface area (Å²) in [5, 5.41) is 5.31. The van der Waals surface area contributed by atoms with Crippen LogP contribution in [0.15, 0.2) is 152 Å². The molecule has 7 aromatic rings. The molecule has 2 heteroatoms. The molecule has 3 heterocycles. The molecule has 2 nitrogen and oxygen atoms in total. The van der Waals surface area contributed by atoms with Crippen LogP contribution in [0.1, 0.15) is 34.6 Å². The van der Waals surface area contributed by atoms with Gasteiger partial charge in [-0.05, 0) is 58.7 Å². The van der Waals surface area contributed by atoms with Crippen LogP contribution in [0.5, 0.6) is 0 Å². The molecule has 0 N–H and O–H groups in total. The Morgan fingerprint density at radius 1 is 0.535 bits per heavy atom. The van der Waals surface area contributed by atoms with E-state index in [0.29, 0.717) is 17.9 Å². The summed E-state index contributed by atoms with van der Waals surface area (Å²) in [6.45, 7) is 0. The molecular formula is C41H28N2. The van der Waals surface area contributed by atoms with Crippen molar-refractivity contribution in [2.45, 2.75) is 17.9 Å². The molecule has 2 aromatic heterocycles. The molecule has 0 fully saturated rings. The standard InChI is InChI=1S/C41H28N2/c1-2-9-26(10-3-1)27-17-20-30(23-27)42-37-15-6-5-12-32(37)35-24-28(18-21-39(35)42)29-19-22-40-36(25-29)34-14-8-13-33-31-11-4-7-16-38(31)43(40)41(33)34/h1-25,27,36,40H. The van der Waals surface area contributed by atoms with E-state index < -0.39 is 0 Å². The van der Waals surface area contributed by atoms with Crippen LogP contribution in [0.2, 0.25) is 0 Å². The lowest BCUT2D eigenvalue weighted by atomic mass is 9.85. The van der Waals surface area contributed by atoms with E-state index in [1.54, 1.807) is 0 Å². The number of allylic oxidation sites excluding steroid dienone is 8. The lowest BCUT2D eigenvalue weighted by Crippen LogP contribution is -2.10. The zero-order chi connectivity index (χ0) is 28.1. The molecule has 3 aliphatic rings. The summed E-state index contributed by atoms with van der Waals surface area (Å²) in [6.07, 6.45) is 14.3. The first-order valence-electron chi connectivity index (χ1n) is 15.2. The Morgan fingerprint density at radius 2 is 1.28 bits per heavy atom. The van der Waals surface area contributed by atoms with Crippen molar-refractivity contribution in [1.82, 2.24) is 9.13 Å². The van der Waals surface area contributed by atoms with Gasteiger partial charge in [-0.25, -0.2) is 0 Å². The van der Waals surface area contributed by atoms with Crippen LogP contribution in [0.3, 0.4) is 0 Å². The van der Waals surface area contributed by atoms with Gasteiger partial charge in [0.2, 0.25) is 0 Å². The number of hydrogen-bond donors (Lipinski definition) is 0. The van der Waals surface area contributed by atoms with E-state index in [4.69, 9.17) is 0 Å². The topological polar surface area (TPSA) is 9.86 Å². The number of aromatic nitrogens is 2. The smallest absolute Gasteiger partial charge is 0.0630 e. The average Bonchev–Trinajstić information content (AvgIpc) is 3.84. The third kappa shape index (κ3) is 3.18. The van der Waals surface area contributed by atoms with Crippen LogP contribution in [0.25, 0.3) is 54.9 Å². The molecule has 1 aliphatic heterocycles. The van der Waals surface area contributed by atoms with Crippen molar-refractivity contribution in [1.29, 1.82) is 0 Å². The minimum atomic E-state index is 0.297. The van der Waals surface area contributed by atoms with Crippen LogP contribution in [-0.4, -0.2) is 9.13 Å². The summed E-state index contributed by atoms with van der Waals surface area (Å²) in [5.74, 6) is 0.634. The second-order valence-electron chi connectivity index (χ2n) is 12.1. The number of benzene rings is 5. The minimum absolute atomic E-state index is 0.297. The lowest BCUT2D eigenvalue weighted by molar-refractivity contribution is 0.617. The van der Waals surface area contributed by atoms with E-state index in [0.717, 1.165) is 0 Å². The molecule has 0 saturated heterocycles. The Morgan fingerprint density at radius 3 is 2.16 bits per heavy atom. The predicted octanol–water partition coefficient (Wildman–Crippen LogP) is 10.4. The number of para-hydroxylation sites is 3. The van der Waals surface area contributed by atoms with E-state index in [9.17, 15) is 0 Å². The third-order valence-electron chi connectivity index (χ3n) is 9.89. The highest BCUT2D eigenvalue weighted by atomic mass is 15.0. The Bertz CT molecular complexity index is 2410. The van der Waals surface area contributed by atoms with Crippen LogP contribution in [0, 0.1) is 0 Å². The van der Waals surface area contributed by atoms with Gasteiger partial charge in [-0.15, -0.1) is 0 Å². The predicted molar refractivity (Wildman–Crippen MR) is 180 cm³/mol. The van der Waals surface area contributed by atoms with Crippen LogP contribution >= 0.6 is 0 Å². The maximum atomic E-state index is 2.57. The van der Waals surface area contributed by atoms with Crippen molar-refractivity contribution in [3.8, 4) is 0 Å². The van der Waals surface area contributed by atoms with Crippen molar-refractivity contribution < 1.29 is 0 Å². The first kappa shape index (κ1) is 23.2. The summed E-state index contributed by atoms with van der Waals surface area (Å²) >= 11 is 0. The molecule has 0 amide bonds. The van der Waals surface area contributed by atoms with Gasteiger partial charge < -0.3 is 9.13 Å². The van der Waals surface area contributed by atoms with Crippen molar-refractivity contribution >= 4 is 54.9 Å². The summed E-state index contributed by atoms with van der Waals surface area (Å²) < 4.78 is 5.00. The van der Waals surface area contributed by atoms with Gasteiger partial charge >= 0.3 is 0 Å². The first-order valence-corrected chi connectivity index (χ1v) is 15.2. The molecule has 0 spiro atoms. The maximum absolute atomic E-state index is 2.57. The summed E-state index contributed by atoms with van der Waals surface area (Å²) in [4.78, 5) is 0. The van der Waals surface area contributed by atoms with Crippen LogP contribution < -0.4 is 0 Å². The molecular weight excluding hydrogens is 520 g/mol. The van der Waals surface area contributed by atoms with Gasteiger partial charge in [-0.1, -0.05) is 115 Å². The van der Waals surface area contributed by atoms with E-state index in [1.165, 1.54) is 71.6 Å². The van der Waals surface area contributed by atoms with Crippen molar-refractivity contribution in [3.63, 3.8) is 0 Å². The molecule has 2 aliphatic carbocycles. The molecule has 5 aromatic carbocycles. The van der Waals surface area contributed by atoms with Gasteiger partial charge in [0.05, 0.1) is 22.6 Å². The average molecular weight is 549 g/mol. The third-order valence-corrected chi connectivity index (χ3v) is 9.89. The number of fused-ring (bicyclic) bond motifs is 9. The van der Waals surface area contributed by atoms with Gasteiger partial charge in [0.1, 0.15) is 0 Å². The van der Waals surface area contributed by atoms with E-state index in [-0.39, 0.29) is 0 Å². The number of rotatable bonds is 3. The Kier molecular flexibility index (Phi) is 4.65. The quantitative estimate of drug-likeness (QED) is 0.208. The zero-order valence-corrected chi connectivity index (χ0v) is 23.6. The molecule has 202 valence electrons. The normalized spacial score (nSPS) is 20.4. The van der Waals surface area contributed by atoms with Crippen LogP contribution in [0.4, 0.5) is 0 Å². The zero-order valence-electron chi connectivity index (χ0n) is 23.6. The summed E-state index contributed by atoms with van der Waals surface area (Å²) in [5.41, 5.74) is 11.8. The van der Waals surface area contributed by atoms with Gasteiger partial charge in [0.25, 0.3) is 0 Å². The fourth-order valence-electron chi connectivity index (χ4n) is 8.00. The highest BCUT2D eigenvalue weighted by Crippen LogP contribution is 2.50. The largest absolute Gasteiger partial charge is 0.332 e. The minimum Gasteiger partial charge on any atom is -0.332 e. The van der Waals surface area contributed by atoms with Gasteiger partial charge in [-0.3, -0.25) is 0 Å². The molecule has 0 radical (unpaired) electrons.